The molecule has 3 atom stereocenters. The molecule has 4 heteroatoms. The Balaban J connectivity index is 2.11. The maximum absolute atomic E-state index is 11.4. The van der Waals surface area contributed by atoms with E-state index in [1.54, 1.807) is 0 Å². The summed E-state index contributed by atoms with van der Waals surface area (Å²) in [6.45, 7) is 4.48. The first-order valence-corrected chi connectivity index (χ1v) is 5.76. The molecule has 3 N–H and O–H groups in total. The zero-order valence-electron chi connectivity index (χ0n) is 9.66. The molecule has 0 aromatic rings. The third-order valence-electron chi connectivity index (χ3n) is 2.77. The van der Waals surface area contributed by atoms with Gasteiger partial charge in [0.15, 0.2) is 0 Å². The van der Waals surface area contributed by atoms with Crippen LogP contribution in [0.15, 0.2) is 0 Å². The van der Waals surface area contributed by atoms with E-state index in [1.807, 2.05) is 6.92 Å². The lowest BCUT2D eigenvalue weighted by molar-refractivity contribution is -0.122. The third-order valence-corrected chi connectivity index (χ3v) is 2.77. The number of nitrogens with one attached hydrogen (secondary N) is 1. The van der Waals surface area contributed by atoms with Crippen LogP contribution in [0, 0.1) is 0 Å². The highest BCUT2D eigenvalue weighted by molar-refractivity contribution is 5.76. The monoisotopic (exact) mass is 214 g/mol. The van der Waals surface area contributed by atoms with Gasteiger partial charge < -0.3 is 15.8 Å². The van der Waals surface area contributed by atoms with Gasteiger partial charge in [-0.1, -0.05) is 0 Å². The Hall–Kier alpha value is -0.610. The van der Waals surface area contributed by atoms with E-state index in [1.165, 1.54) is 0 Å². The maximum Gasteiger partial charge on any atom is 0.220 e. The van der Waals surface area contributed by atoms with Crippen molar-refractivity contribution in [3.05, 3.63) is 0 Å². The molecule has 1 amide bonds. The van der Waals surface area contributed by atoms with E-state index < -0.39 is 0 Å². The Labute approximate surface area is 91.5 Å². The van der Waals surface area contributed by atoms with Crippen molar-refractivity contribution in [1.82, 2.24) is 5.32 Å². The number of carbonyl (C=O) groups is 1. The summed E-state index contributed by atoms with van der Waals surface area (Å²) < 4.78 is 5.64. The molecule has 0 aromatic heterocycles. The van der Waals surface area contributed by atoms with Crippen molar-refractivity contribution in [3.8, 4) is 0 Å². The lowest BCUT2D eigenvalue weighted by atomic mass is 10.1. The molecule has 0 aliphatic carbocycles. The molecular weight excluding hydrogens is 192 g/mol. The predicted molar refractivity (Wildman–Crippen MR) is 59.5 cm³/mol. The molecular formula is C11H22N2O2. The molecule has 1 saturated heterocycles. The van der Waals surface area contributed by atoms with E-state index in [0.717, 1.165) is 19.3 Å². The van der Waals surface area contributed by atoms with Crippen LogP contribution >= 0.6 is 0 Å². The van der Waals surface area contributed by atoms with Gasteiger partial charge in [0.1, 0.15) is 0 Å². The largest absolute Gasteiger partial charge is 0.375 e. The molecule has 15 heavy (non-hydrogen) atoms. The van der Waals surface area contributed by atoms with E-state index in [9.17, 15) is 4.79 Å². The van der Waals surface area contributed by atoms with Crippen molar-refractivity contribution in [2.45, 2.75) is 57.8 Å². The molecule has 2 unspecified atom stereocenters. The van der Waals surface area contributed by atoms with Gasteiger partial charge in [0, 0.05) is 19.0 Å². The third kappa shape index (κ3) is 4.62. The smallest absolute Gasteiger partial charge is 0.220 e. The van der Waals surface area contributed by atoms with Crippen molar-refractivity contribution >= 4 is 5.91 Å². The summed E-state index contributed by atoms with van der Waals surface area (Å²) in [5, 5.41) is 2.85. The second-order valence-electron chi connectivity index (χ2n) is 4.39. The summed E-state index contributed by atoms with van der Waals surface area (Å²) in [6, 6.07) is 0.0703. The topological polar surface area (TPSA) is 64.4 Å². The number of amides is 1. The number of nitrogens with two attached hydrogens (primary N) is 1. The number of rotatable bonds is 5. The Bertz CT molecular complexity index is 209. The van der Waals surface area contributed by atoms with Crippen molar-refractivity contribution in [1.29, 1.82) is 0 Å². The van der Waals surface area contributed by atoms with E-state index in [2.05, 4.69) is 12.2 Å². The molecule has 0 aromatic carbocycles. The van der Waals surface area contributed by atoms with Crippen LogP contribution in [0.5, 0.6) is 0 Å². The van der Waals surface area contributed by atoms with Crippen molar-refractivity contribution in [2.75, 3.05) is 6.54 Å². The molecule has 1 aliphatic heterocycles. The highest BCUT2D eigenvalue weighted by Crippen LogP contribution is 2.22. The van der Waals surface area contributed by atoms with E-state index in [4.69, 9.17) is 10.5 Å². The van der Waals surface area contributed by atoms with Gasteiger partial charge in [-0.2, -0.15) is 0 Å². The first kappa shape index (κ1) is 12.5. The number of hydrogen-bond acceptors (Lipinski definition) is 3. The minimum atomic E-state index is 0.0703. The lowest BCUT2D eigenvalue weighted by Crippen LogP contribution is -2.38. The second-order valence-corrected chi connectivity index (χ2v) is 4.39. The zero-order valence-corrected chi connectivity index (χ0v) is 9.66. The zero-order chi connectivity index (χ0) is 11.3. The molecule has 0 saturated carbocycles. The van der Waals surface area contributed by atoms with Crippen LogP contribution in [0.3, 0.4) is 0 Å². The summed E-state index contributed by atoms with van der Waals surface area (Å²) in [5.41, 5.74) is 5.42. The van der Waals surface area contributed by atoms with Crippen LogP contribution in [-0.4, -0.2) is 30.7 Å². The Morgan fingerprint density at radius 3 is 2.87 bits per heavy atom. The molecule has 1 aliphatic rings. The predicted octanol–water partition coefficient (Wildman–Crippen LogP) is 0.798. The Kier molecular flexibility index (Phi) is 5.05. The van der Waals surface area contributed by atoms with Crippen molar-refractivity contribution in [2.24, 2.45) is 5.73 Å². The fourth-order valence-corrected chi connectivity index (χ4v) is 1.80. The van der Waals surface area contributed by atoms with Gasteiger partial charge in [0.2, 0.25) is 5.91 Å². The maximum atomic E-state index is 11.4. The summed E-state index contributed by atoms with van der Waals surface area (Å²) in [6.07, 6.45) is 4.21. The molecule has 0 spiro atoms. The van der Waals surface area contributed by atoms with Crippen LogP contribution < -0.4 is 11.1 Å². The molecule has 1 fully saturated rings. The van der Waals surface area contributed by atoms with Gasteiger partial charge in [-0.15, -0.1) is 0 Å². The van der Waals surface area contributed by atoms with Crippen LogP contribution in [0.2, 0.25) is 0 Å². The fraction of sp³-hybridized carbons (Fsp3) is 0.909. The average molecular weight is 214 g/mol. The molecule has 88 valence electrons. The highest BCUT2D eigenvalue weighted by Gasteiger charge is 2.22. The first-order chi connectivity index (χ1) is 7.11. The molecule has 1 rings (SSSR count). The summed E-state index contributed by atoms with van der Waals surface area (Å²) in [4.78, 5) is 11.4. The molecule has 0 radical (unpaired) electrons. The van der Waals surface area contributed by atoms with Gasteiger partial charge in [-0.05, 0) is 33.1 Å². The number of hydrogen-bond donors (Lipinski definition) is 2. The lowest BCUT2D eigenvalue weighted by Gasteiger charge is -2.13. The second kappa shape index (κ2) is 6.08. The molecule has 4 nitrogen and oxygen atoms in total. The quantitative estimate of drug-likeness (QED) is 0.711. The van der Waals surface area contributed by atoms with E-state index >= 15 is 0 Å². The molecule has 0 bridgehead atoms. The van der Waals surface area contributed by atoms with Gasteiger partial charge in [-0.25, -0.2) is 0 Å². The minimum absolute atomic E-state index is 0.0703. The van der Waals surface area contributed by atoms with Gasteiger partial charge in [0.25, 0.3) is 0 Å². The first-order valence-electron chi connectivity index (χ1n) is 5.76. The van der Waals surface area contributed by atoms with Crippen LogP contribution in [-0.2, 0) is 9.53 Å². The Morgan fingerprint density at radius 2 is 2.33 bits per heavy atom. The van der Waals surface area contributed by atoms with Crippen LogP contribution in [0.1, 0.15) is 39.5 Å². The van der Waals surface area contributed by atoms with Gasteiger partial charge in [0.05, 0.1) is 12.2 Å². The standard InChI is InChI=1S/C11H22N2O2/c1-8(7-12)13-11(14)6-5-10-4-3-9(2)15-10/h8-10H,3-7,12H2,1-2H3,(H,13,14)/t8-,9?,10?/m0/s1. The van der Waals surface area contributed by atoms with E-state index in [-0.39, 0.29) is 18.1 Å². The highest BCUT2D eigenvalue weighted by atomic mass is 16.5. The van der Waals surface area contributed by atoms with Gasteiger partial charge >= 0.3 is 0 Å². The average Bonchev–Trinajstić information content (AvgIpc) is 2.61. The fourth-order valence-electron chi connectivity index (χ4n) is 1.80. The SMILES string of the molecule is CC1CCC(CCC(=O)N[C@@H](C)CN)O1. The molecule has 1 heterocycles. The normalized spacial score (nSPS) is 27.7. The number of ether oxygens (including phenoxy) is 1. The van der Waals surface area contributed by atoms with Crippen LogP contribution in [0.4, 0.5) is 0 Å². The minimum Gasteiger partial charge on any atom is -0.375 e. The van der Waals surface area contributed by atoms with Gasteiger partial charge in [-0.3, -0.25) is 4.79 Å². The van der Waals surface area contributed by atoms with Crippen molar-refractivity contribution in [3.63, 3.8) is 0 Å². The van der Waals surface area contributed by atoms with E-state index in [0.29, 0.717) is 19.1 Å². The van der Waals surface area contributed by atoms with Crippen molar-refractivity contribution < 1.29 is 9.53 Å². The van der Waals surface area contributed by atoms with Crippen LogP contribution in [0.25, 0.3) is 0 Å². The summed E-state index contributed by atoms with van der Waals surface area (Å²) in [5.74, 6) is 0.0797. The Morgan fingerprint density at radius 1 is 1.60 bits per heavy atom. The number of carbonyl (C=O) groups excluding carboxylic acids is 1. The summed E-state index contributed by atoms with van der Waals surface area (Å²) in [7, 11) is 0. The summed E-state index contributed by atoms with van der Waals surface area (Å²) >= 11 is 0.